The Kier molecular flexibility index (Phi) is 4.18. The minimum Gasteiger partial charge on any atom is -0.342 e. The minimum atomic E-state index is 0.386. The van der Waals surface area contributed by atoms with E-state index in [1.165, 1.54) is 5.57 Å². The molecule has 2 aliphatic rings. The quantitative estimate of drug-likeness (QED) is 0.589. The fraction of sp³-hybridized carbons (Fsp3) is 0.750. The minimum absolute atomic E-state index is 0.386. The monoisotopic (exact) mass is 195 g/mol. The third-order valence-corrected chi connectivity index (χ3v) is 2.71. The first-order chi connectivity index (χ1) is 6.77. The Morgan fingerprint density at radius 2 is 1.79 bits per heavy atom. The fourth-order valence-electron chi connectivity index (χ4n) is 1.63. The number of likely N-dealkylation sites (tertiary alicyclic amines) is 1. The zero-order valence-electron chi connectivity index (χ0n) is 9.38. The van der Waals surface area contributed by atoms with E-state index >= 15 is 0 Å². The van der Waals surface area contributed by atoms with Crippen molar-refractivity contribution in [3.05, 3.63) is 12.2 Å². The summed E-state index contributed by atoms with van der Waals surface area (Å²) in [6.07, 6.45) is 4.27. The van der Waals surface area contributed by atoms with Gasteiger partial charge in [0.15, 0.2) is 0 Å². The lowest BCUT2D eigenvalue weighted by Crippen LogP contribution is -2.37. The molecular formula is C12H21NO. The Labute approximate surface area is 87.0 Å². The van der Waals surface area contributed by atoms with E-state index in [1.807, 2.05) is 18.7 Å². The normalized spacial score (nSPS) is 21.3. The summed E-state index contributed by atoms with van der Waals surface area (Å²) in [6, 6.07) is 0. The van der Waals surface area contributed by atoms with E-state index in [0.717, 1.165) is 38.8 Å². The molecule has 1 saturated heterocycles. The topological polar surface area (TPSA) is 20.3 Å². The van der Waals surface area contributed by atoms with E-state index in [9.17, 15) is 4.79 Å². The molecule has 0 atom stereocenters. The van der Waals surface area contributed by atoms with Gasteiger partial charge in [-0.05, 0) is 25.7 Å². The van der Waals surface area contributed by atoms with Gasteiger partial charge in [-0.2, -0.15) is 0 Å². The number of hydrogen-bond acceptors (Lipinski definition) is 1. The van der Waals surface area contributed by atoms with Gasteiger partial charge in [-0.1, -0.05) is 26.0 Å². The predicted molar refractivity (Wildman–Crippen MR) is 59.0 cm³/mol. The van der Waals surface area contributed by atoms with Crippen LogP contribution in [0.4, 0.5) is 0 Å². The van der Waals surface area contributed by atoms with Gasteiger partial charge in [0.05, 0.1) is 0 Å². The second kappa shape index (κ2) is 5.18. The molecule has 1 aliphatic heterocycles. The maximum absolute atomic E-state index is 11.6. The van der Waals surface area contributed by atoms with Crippen LogP contribution in [0, 0.1) is 5.92 Å². The summed E-state index contributed by atoms with van der Waals surface area (Å²) < 4.78 is 0. The van der Waals surface area contributed by atoms with Crippen molar-refractivity contribution in [3.63, 3.8) is 0 Å². The molecule has 0 bridgehead atoms. The average molecular weight is 195 g/mol. The van der Waals surface area contributed by atoms with E-state index in [2.05, 4.69) is 6.58 Å². The summed E-state index contributed by atoms with van der Waals surface area (Å²) in [4.78, 5) is 13.6. The molecule has 14 heavy (non-hydrogen) atoms. The summed E-state index contributed by atoms with van der Waals surface area (Å²) >= 11 is 0. The van der Waals surface area contributed by atoms with Gasteiger partial charge in [0, 0.05) is 19.0 Å². The van der Waals surface area contributed by atoms with Gasteiger partial charge in [-0.15, -0.1) is 0 Å². The highest BCUT2D eigenvalue weighted by molar-refractivity contribution is 5.81. The Bertz CT molecular complexity index is 208. The number of carbonyl (C=O) groups is 1. The third kappa shape index (κ3) is 2.86. The molecule has 80 valence electrons. The molecular weight excluding hydrogens is 174 g/mol. The zero-order valence-corrected chi connectivity index (χ0v) is 9.38. The molecule has 1 amide bonds. The van der Waals surface area contributed by atoms with Crippen LogP contribution in [0.25, 0.3) is 0 Å². The molecule has 1 aliphatic carbocycles. The Hall–Kier alpha value is -0.790. The van der Waals surface area contributed by atoms with Gasteiger partial charge in [0.1, 0.15) is 0 Å². The van der Waals surface area contributed by atoms with Crippen molar-refractivity contribution in [1.29, 1.82) is 0 Å². The van der Waals surface area contributed by atoms with E-state index in [1.54, 1.807) is 0 Å². The van der Waals surface area contributed by atoms with Crippen molar-refractivity contribution in [2.75, 3.05) is 13.1 Å². The van der Waals surface area contributed by atoms with Crippen molar-refractivity contribution in [1.82, 2.24) is 4.90 Å². The summed E-state index contributed by atoms with van der Waals surface area (Å²) in [5.74, 6) is 0.777. The first-order valence-corrected chi connectivity index (χ1v) is 5.73. The molecule has 2 nitrogen and oxygen atoms in total. The van der Waals surface area contributed by atoms with Crippen molar-refractivity contribution >= 4 is 5.91 Å². The van der Waals surface area contributed by atoms with Gasteiger partial charge in [0.25, 0.3) is 0 Å². The van der Waals surface area contributed by atoms with Crippen molar-refractivity contribution in [2.24, 2.45) is 5.92 Å². The number of rotatable bonds is 1. The maximum atomic E-state index is 11.6. The van der Waals surface area contributed by atoms with Crippen LogP contribution in [-0.2, 0) is 4.79 Å². The highest BCUT2D eigenvalue weighted by atomic mass is 16.2. The molecule has 0 aromatic carbocycles. The molecule has 0 aromatic heterocycles. The van der Waals surface area contributed by atoms with Crippen LogP contribution >= 0.6 is 0 Å². The molecule has 2 heteroatoms. The summed E-state index contributed by atoms with van der Waals surface area (Å²) in [6.45, 7) is 9.75. The van der Waals surface area contributed by atoms with Crippen LogP contribution in [0.3, 0.4) is 0 Å². The smallest absolute Gasteiger partial charge is 0.225 e. The van der Waals surface area contributed by atoms with E-state index in [-0.39, 0.29) is 0 Å². The maximum Gasteiger partial charge on any atom is 0.225 e. The van der Waals surface area contributed by atoms with Gasteiger partial charge in [-0.25, -0.2) is 0 Å². The van der Waals surface area contributed by atoms with Crippen LogP contribution in [0.5, 0.6) is 0 Å². The number of amides is 1. The highest BCUT2D eigenvalue weighted by Gasteiger charge is 2.33. The number of nitrogens with zero attached hydrogens (tertiary/aromatic N) is 1. The SMILES string of the molecule is C=C1CCN(C(=O)C2CC2)CC1.CC. The fourth-order valence-corrected chi connectivity index (χ4v) is 1.63. The Morgan fingerprint density at radius 1 is 1.29 bits per heavy atom. The first-order valence-electron chi connectivity index (χ1n) is 5.73. The lowest BCUT2D eigenvalue weighted by atomic mass is 10.1. The largest absolute Gasteiger partial charge is 0.342 e. The molecule has 2 rings (SSSR count). The molecule has 0 radical (unpaired) electrons. The van der Waals surface area contributed by atoms with E-state index in [0.29, 0.717) is 11.8 Å². The second-order valence-electron chi connectivity index (χ2n) is 3.85. The number of piperidine rings is 1. The summed E-state index contributed by atoms with van der Waals surface area (Å²) in [7, 11) is 0. The van der Waals surface area contributed by atoms with E-state index < -0.39 is 0 Å². The predicted octanol–water partition coefficient (Wildman–Crippen LogP) is 2.60. The second-order valence-corrected chi connectivity index (χ2v) is 3.85. The van der Waals surface area contributed by atoms with Gasteiger partial charge in [0.2, 0.25) is 5.91 Å². The highest BCUT2D eigenvalue weighted by Crippen LogP contribution is 2.32. The first kappa shape index (κ1) is 11.3. The molecule has 1 saturated carbocycles. The van der Waals surface area contributed by atoms with Gasteiger partial charge in [-0.3, -0.25) is 4.79 Å². The van der Waals surface area contributed by atoms with Crippen molar-refractivity contribution in [2.45, 2.75) is 39.5 Å². The Morgan fingerprint density at radius 3 is 2.21 bits per heavy atom. The van der Waals surface area contributed by atoms with E-state index in [4.69, 9.17) is 0 Å². The zero-order chi connectivity index (χ0) is 10.6. The summed E-state index contributed by atoms with van der Waals surface area (Å²) in [5, 5.41) is 0. The van der Waals surface area contributed by atoms with Crippen LogP contribution in [0.15, 0.2) is 12.2 Å². The molecule has 2 fully saturated rings. The van der Waals surface area contributed by atoms with Crippen LogP contribution in [0.1, 0.15) is 39.5 Å². The molecule has 1 heterocycles. The van der Waals surface area contributed by atoms with Gasteiger partial charge >= 0.3 is 0 Å². The number of hydrogen-bond donors (Lipinski definition) is 0. The average Bonchev–Trinajstić information content (AvgIpc) is 3.04. The summed E-state index contributed by atoms with van der Waals surface area (Å²) in [5.41, 5.74) is 1.30. The van der Waals surface area contributed by atoms with Crippen molar-refractivity contribution in [3.8, 4) is 0 Å². The van der Waals surface area contributed by atoms with Crippen molar-refractivity contribution < 1.29 is 4.79 Å². The molecule has 0 unspecified atom stereocenters. The molecule has 0 N–H and O–H groups in total. The van der Waals surface area contributed by atoms with Crippen LogP contribution < -0.4 is 0 Å². The molecule has 0 aromatic rings. The van der Waals surface area contributed by atoms with Gasteiger partial charge < -0.3 is 4.90 Å². The third-order valence-electron chi connectivity index (χ3n) is 2.71. The Balaban J connectivity index is 0.000000461. The lowest BCUT2D eigenvalue weighted by Gasteiger charge is -2.28. The molecule has 0 spiro atoms. The van der Waals surface area contributed by atoms with Crippen LogP contribution in [-0.4, -0.2) is 23.9 Å². The number of carbonyl (C=O) groups excluding carboxylic acids is 1. The lowest BCUT2D eigenvalue weighted by molar-refractivity contribution is -0.132. The standard InChI is InChI=1S/C10H15NO.C2H6/c1-8-4-6-11(7-5-8)10(12)9-2-3-9;1-2/h9H,1-7H2;1-2H3. The van der Waals surface area contributed by atoms with Crippen LogP contribution in [0.2, 0.25) is 0 Å².